The van der Waals surface area contributed by atoms with Crippen LogP contribution in [0.5, 0.6) is 0 Å². The van der Waals surface area contributed by atoms with E-state index in [0.717, 1.165) is 51.7 Å². The fraction of sp³-hybridized carbons (Fsp3) is 0.889. The van der Waals surface area contributed by atoms with Crippen molar-refractivity contribution in [1.29, 1.82) is 0 Å². The molecule has 2 fully saturated rings. The van der Waals surface area contributed by atoms with Gasteiger partial charge in [-0.2, -0.15) is 0 Å². The van der Waals surface area contributed by atoms with Crippen molar-refractivity contribution >= 4 is 12.0 Å². The number of hydrogen-bond donors (Lipinski definition) is 1. The van der Waals surface area contributed by atoms with Gasteiger partial charge in [-0.3, -0.25) is 4.79 Å². The summed E-state index contributed by atoms with van der Waals surface area (Å²) in [5, 5.41) is 3.40. The predicted octanol–water partition coefficient (Wildman–Crippen LogP) is 2.38. The molecular formula is C18H33N3O3. The fourth-order valence-electron chi connectivity index (χ4n) is 3.30. The molecule has 0 aromatic heterocycles. The van der Waals surface area contributed by atoms with Crippen molar-refractivity contribution in [2.45, 2.75) is 70.9 Å². The number of amides is 2. The fourth-order valence-corrected chi connectivity index (χ4v) is 3.30. The zero-order valence-electron chi connectivity index (χ0n) is 15.5. The Kier molecular flexibility index (Phi) is 6.90. The van der Waals surface area contributed by atoms with E-state index in [0.29, 0.717) is 19.1 Å². The molecule has 0 bridgehead atoms. The van der Waals surface area contributed by atoms with E-state index in [1.54, 1.807) is 4.90 Å². The van der Waals surface area contributed by atoms with E-state index >= 15 is 0 Å². The number of carbonyl (C=O) groups is 2. The third kappa shape index (κ3) is 6.30. The predicted molar refractivity (Wildman–Crippen MR) is 93.9 cm³/mol. The quantitative estimate of drug-likeness (QED) is 0.857. The molecule has 24 heavy (non-hydrogen) atoms. The van der Waals surface area contributed by atoms with Crippen LogP contribution in [0.1, 0.15) is 59.3 Å². The molecule has 0 spiro atoms. The minimum absolute atomic E-state index is 0.211. The van der Waals surface area contributed by atoms with E-state index in [-0.39, 0.29) is 12.0 Å². The first kappa shape index (κ1) is 19.0. The van der Waals surface area contributed by atoms with Gasteiger partial charge in [0.1, 0.15) is 5.60 Å². The molecular weight excluding hydrogens is 306 g/mol. The van der Waals surface area contributed by atoms with Crippen LogP contribution in [0.4, 0.5) is 4.79 Å². The van der Waals surface area contributed by atoms with Crippen molar-refractivity contribution in [1.82, 2.24) is 15.1 Å². The van der Waals surface area contributed by atoms with Crippen molar-refractivity contribution < 1.29 is 14.3 Å². The molecule has 138 valence electrons. The summed E-state index contributed by atoms with van der Waals surface area (Å²) in [4.78, 5) is 28.2. The molecule has 2 aliphatic rings. The average molecular weight is 339 g/mol. The first-order valence-electron chi connectivity index (χ1n) is 9.34. The van der Waals surface area contributed by atoms with Gasteiger partial charge in [0.05, 0.1) is 6.54 Å². The molecule has 0 aromatic rings. The van der Waals surface area contributed by atoms with Crippen LogP contribution in [0.3, 0.4) is 0 Å². The van der Waals surface area contributed by atoms with E-state index in [4.69, 9.17) is 4.74 Å². The summed E-state index contributed by atoms with van der Waals surface area (Å²) in [7, 11) is 0. The van der Waals surface area contributed by atoms with E-state index in [1.165, 1.54) is 6.42 Å². The highest BCUT2D eigenvalue weighted by atomic mass is 16.6. The van der Waals surface area contributed by atoms with Crippen molar-refractivity contribution in [3.05, 3.63) is 0 Å². The van der Waals surface area contributed by atoms with Gasteiger partial charge >= 0.3 is 6.09 Å². The molecule has 1 atom stereocenters. The van der Waals surface area contributed by atoms with Gasteiger partial charge in [0.15, 0.2) is 0 Å². The van der Waals surface area contributed by atoms with E-state index in [9.17, 15) is 9.59 Å². The molecule has 2 heterocycles. The Balaban J connectivity index is 1.72. The van der Waals surface area contributed by atoms with Crippen LogP contribution in [0, 0.1) is 0 Å². The molecule has 6 heteroatoms. The van der Waals surface area contributed by atoms with Gasteiger partial charge in [0.2, 0.25) is 5.91 Å². The Morgan fingerprint density at radius 1 is 0.958 bits per heavy atom. The smallest absolute Gasteiger partial charge is 0.410 e. The lowest BCUT2D eigenvalue weighted by Crippen LogP contribution is -2.44. The maximum absolute atomic E-state index is 12.2. The number of likely N-dealkylation sites (tertiary alicyclic amines) is 2. The zero-order chi connectivity index (χ0) is 17.6. The van der Waals surface area contributed by atoms with Crippen molar-refractivity contribution in [3.8, 4) is 0 Å². The first-order valence-corrected chi connectivity index (χ1v) is 9.34. The number of carbonyl (C=O) groups excluding carboxylic acids is 2. The summed E-state index contributed by atoms with van der Waals surface area (Å²) >= 11 is 0. The number of hydrogen-bond acceptors (Lipinski definition) is 4. The average Bonchev–Trinajstić information content (AvgIpc) is 2.77. The van der Waals surface area contributed by atoms with E-state index in [1.807, 2.05) is 25.7 Å². The largest absolute Gasteiger partial charge is 0.444 e. The molecule has 0 saturated carbocycles. The molecule has 0 radical (unpaired) electrons. The maximum atomic E-state index is 12.2. The molecule has 1 unspecified atom stereocenters. The number of nitrogens with zero attached hydrogens (tertiary/aromatic N) is 2. The van der Waals surface area contributed by atoms with Crippen LogP contribution < -0.4 is 5.32 Å². The van der Waals surface area contributed by atoms with Crippen LogP contribution in [0.15, 0.2) is 0 Å². The molecule has 2 aliphatic heterocycles. The number of piperidine rings is 1. The standard InChI is InChI=1S/C18H33N3O3/c1-18(2,3)24-17(23)21-12-7-8-15(9-13-21)19-14-16(22)20-10-5-4-6-11-20/h15,19H,4-14H2,1-3H3. The zero-order valence-corrected chi connectivity index (χ0v) is 15.5. The van der Waals surface area contributed by atoms with Crippen LogP contribution >= 0.6 is 0 Å². The van der Waals surface area contributed by atoms with Gasteiger partial charge in [-0.1, -0.05) is 0 Å². The van der Waals surface area contributed by atoms with Crippen LogP contribution in [0.2, 0.25) is 0 Å². The molecule has 0 aromatic carbocycles. The van der Waals surface area contributed by atoms with Gasteiger partial charge in [0, 0.05) is 32.2 Å². The lowest BCUT2D eigenvalue weighted by atomic mass is 10.1. The highest BCUT2D eigenvalue weighted by Crippen LogP contribution is 2.16. The maximum Gasteiger partial charge on any atom is 0.410 e. The highest BCUT2D eigenvalue weighted by Gasteiger charge is 2.25. The summed E-state index contributed by atoms with van der Waals surface area (Å²) in [6.45, 7) is 9.29. The van der Waals surface area contributed by atoms with Crippen molar-refractivity contribution in [2.75, 3.05) is 32.7 Å². The molecule has 0 aliphatic carbocycles. The minimum Gasteiger partial charge on any atom is -0.444 e. The second kappa shape index (κ2) is 8.70. The van der Waals surface area contributed by atoms with Gasteiger partial charge in [-0.05, 0) is 59.3 Å². The summed E-state index contributed by atoms with van der Waals surface area (Å²) in [6.07, 6.45) is 6.06. The topological polar surface area (TPSA) is 61.9 Å². The Morgan fingerprint density at radius 2 is 1.62 bits per heavy atom. The van der Waals surface area contributed by atoms with E-state index < -0.39 is 5.60 Å². The lowest BCUT2D eigenvalue weighted by molar-refractivity contribution is -0.131. The van der Waals surface area contributed by atoms with Gasteiger partial charge in [-0.25, -0.2) is 4.79 Å². The second-order valence-electron chi connectivity index (χ2n) is 7.92. The molecule has 1 N–H and O–H groups in total. The van der Waals surface area contributed by atoms with Gasteiger partial charge < -0.3 is 19.9 Å². The van der Waals surface area contributed by atoms with Crippen LogP contribution in [-0.2, 0) is 9.53 Å². The van der Waals surface area contributed by atoms with Crippen molar-refractivity contribution in [2.24, 2.45) is 0 Å². The van der Waals surface area contributed by atoms with Gasteiger partial charge in [0.25, 0.3) is 0 Å². The Hall–Kier alpha value is -1.30. The van der Waals surface area contributed by atoms with Crippen LogP contribution in [0.25, 0.3) is 0 Å². The second-order valence-corrected chi connectivity index (χ2v) is 7.92. The number of ether oxygens (including phenoxy) is 1. The minimum atomic E-state index is -0.456. The summed E-state index contributed by atoms with van der Waals surface area (Å²) < 4.78 is 5.45. The Morgan fingerprint density at radius 3 is 2.29 bits per heavy atom. The molecule has 2 saturated heterocycles. The van der Waals surface area contributed by atoms with Crippen molar-refractivity contribution in [3.63, 3.8) is 0 Å². The lowest BCUT2D eigenvalue weighted by Gasteiger charge is -2.28. The Bertz CT molecular complexity index is 428. The molecule has 2 rings (SSSR count). The summed E-state index contributed by atoms with van der Waals surface area (Å²) in [5.41, 5.74) is -0.456. The third-order valence-electron chi connectivity index (χ3n) is 4.63. The van der Waals surface area contributed by atoms with E-state index in [2.05, 4.69) is 5.32 Å². The Labute approximate surface area is 145 Å². The number of rotatable bonds is 3. The monoisotopic (exact) mass is 339 g/mol. The molecule has 6 nitrogen and oxygen atoms in total. The van der Waals surface area contributed by atoms with Gasteiger partial charge in [-0.15, -0.1) is 0 Å². The SMILES string of the molecule is CC(C)(C)OC(=O)N1CCCC(NCC(=O)N2CCCCC2)CC1. The summed E-state index contributed by atoms with van der Waals surface area (Å²) in [6, 6.07) is 0.297. The molecule has 2 amide bonds. The normalized spacial score (nSPS) is 22.9. The van der Waals surface area contributed by atoms with Crippen LogP contribution in [-0.4, -0.2) is 66.2 Å². The first-order chi connectivity index (χ1) is 11.3. The third-order valence-corrected chi connectivity index (χ3v) is 4.63. The highest BCUT2D eigenvalue weighted by molar-refractivity contribution is 5.78. The summed E-state index contributed by atoms with van der Waals surface area (Å²) in [5.74, 6) is 0.211. The number of nitrogens with one attached hydrogen (secondary N) is 1.